The van der Waals surface area contributed by atoms with E-state index in [1.54, 1.807) is 0 Å². The van der Waals surface area contributed by atoms with Gasteiger partial charge in [0.05, 0.1) is 6.61 Å². The van der Waals surface area contributed by atoms with Crippen LogP contribution in [-0.4, -0.2) is 37.7 Å². The number of rotatable bonds is 4. The Labute approximate surface area is 110 Å². The fraction of sp³-hybridized carbons (Fsp3) is 0.600. The highest BCUT2D eigenvalue weighted by atomic mass is 16.5. The third-order valence-electron chi connectivity index (χ3n) is 3.56. The summed E-state index contributed by atoms with van der Waals surface area (Å²) < 4.78 is 5.50. The Bertz CT molecular complexity index is 350. The van der Waals surface area contributed by atoms with E-state index in [2.05, 4.69) is 41.4 Å². The molecule has 1 N–H and O–H groups in total. The number of nitrogens with zero attached hydrogens (tertiary/aromatic N) is 1. The second-order valence-corrected chi connectivity index (χ2v) is 4.70. The second kappa shape index (κ2) is 6.76. The van der Waals surface area contributed by atoms with Gasteiger partial charge in [-0.1, -0.05) is 19.1 Å². The summed E-state index contributed by atoms with van der Waals surface area (Å²) in [6.07, 6.45) is 1.24. The summed E-state index contributed by atoms with van der Waals surface area (Å²) in [6, 6.07) is 9.05. The molecule has 0 spiro atoms. The van der Waals surface area contributed by atoms with E-state index < -0.39 is 0 Å². The fourth-order valence-corrected chi connectivity index (χ4v) is 2.59. The molecule has 1 saturated heterocycles. The largest absolute Gasteiger partial charge is 0.494 e. The van der Waals surface area contributed by atoms with Crippen LogP contribution < -0.4 is 10.1 Å². The fourth-order valence-electron chi connectivity index (χ4n) is 2.59. The molecule has 0 aromatic heterocycles. The number of hydrogen-bond acceptors (Lipinski definition) is 3. The maximum absolute atomic E-state index is 5.50. The van der Waals surface area contributed by atoms with Crippen molar-refractivity contribution in [3.05, 3.63) is 29.8 Å². The van der Waals surface area contributed by atoms with Crippen LogP contribution in [0.5, 0.6) is 5.75 Å². The van der Waals surface area contributed by atoms with Gasteiger partial charge in [-0.25, -0.2) is 0 Å². The standard InChI is InChI=1S/C15H24N2O/c1-3-17-11-5-10-16-12-15(17)13-6-8-14(9-7-13)18-4-2/h6-9,15-16H,3-5,10-12H2,1-2H3. The molecule has 1 fully saturated rings. The monoisotopic (exact) mass is 248 g/mol. The zero-order valence-electron chi connectivity index (χ0n) is 11.5. The zero-order chi connectivity index (χ0) is 12.8. The van der Waals surface area contributed by atoms with Crippen LogP contribution in [0.2, 0.25) is 0 Å². The predicted octanol–water partition coefficient (Wildman–Crippen LogP) is 2.44. The second-order valence-electron chi connectivity index (χ2n) is 4.70. The Balaban J connectivity index is 2.11. The molecule has 1 heterocycles. The van der Waals surface area contributed by atoms with Crippen molar-refractivity contribution in [3.63, 3.8) is 0 Å². The van der Waals surface area contributed by atoms with Gasteiger partial charge in [-0.2, -0.15) is 0 Å². The predicted molar refractivity (Wildman–Crippen MR) is 75.1 cm³/mol. The number of ether oxygens (including phenoxy) is 1. The summed E-state index contributed by atoms with van der Waals surface area (Å²) in [5.74, 6) is 0.964. The van der Waals surface area contributed by atoms with E-state index in [9.17, 15) is 0 Å². The van der Waals surface area contributed by atoms with Gasteiger partial charge in [0.15, 0.2) is 0 Å². The van der Waals surface area contributed by atoms with Gasteiger partial charge in [0.25, 0.3) is 0 Å². The first-order valence-electron chi connectivity index (χ1n) is 7.02. The summed E-state index contributed by atoms with van der Waals surface area (Å²) in [4.78, 5) is 2.55. The zero-order valence-corrected chi connectivity index (χ0v) is 11.5. The van der Waals surface area contributed by atoms with Crippen LogP contribution in [-0.2, 0) is 0 Å². The van der Waals surface area contributed by atoms with Crippen molar-refractivity contribution in [3.8, 4) is 5.75 Å². The lowest BCUT2D eigenvalue weighted by Crippen LogP contribution is -2.32. The Morgan fingerprint density at radius 2 is 2.06 bits per heavy atom. The van der Waals surface area contributed by atoms with Crippen molar-refractivity contribution in [1.29, 1.82) is 0 Å². The minimum atomic E-state index is 0.494. The van der Waals surface area contributed by atoms with Crippen molar-refractivity contribution in [2.24, 2.45) is 0 Å². The molecule has 0 saturated carbocycles. The molecule has 0 amide bonds. The topological polar surface area (TPSA) is 24.5 Å². The van der Waals surface area contributed by atoms with E-state index in [-0.39, 0.29) is 0 Å². The van der Waals surface area contributed by atoms with Gasteiger partial charge in [-0.3, -0.25) is 4.90 Å². The van der Waals surface area contributed by atoms with E-state index >= 15 is 0 Å². The molecule has 1 aliphatic heterocycles. The molecule has 2 rings (SSSR count). The molecule has 1 aromatic rings. The molecule has 1 unspecified atom stereocenters. The lowest BCUT2D eigenvalue weighted by molar-refractivity contribution is 0.222. The SMILES string of the molecule is CCOc1ccc(C2CNCCCN2CC)cc1. The van der Waals surface area contributed by atoms with Crippen molar-refractivity contribution < 1.29 is 4.74 Å². The maximum Gasteiger partial charge on any atom is 0.119 e. The van der Waals surface area contributed by atoms with Crippen molar-refractivity contribution in [2.75, 3.05) is 32.8 Å². The molecule has 3 heteroatoms. The lowest BCUT2D eigenvalue weighted by Gasteiger charge is -2.28. The molecule has 1 aromatic carbocycles. The van der Waals surface area contributed by atoms with Crippen LogP contribution in [0, 0.1) is 0 Å². The van der Waals surface area contributed by atoms with E-state index in [1.165, 1.54) is 18.5 Å². The molecule has 0 aliphatic carbocycles. The van der Waals surface area contributed by atoms with Gasteiger partial charge in [0.1, 0.15) is 5.75 Å². The third-order valence-corrected chi connectivity index (χ3v) is 3.56. The van der Waals surface area contributed by atoms with Gasteiger partial charge in [-0.15, -0.1) is 0 Å². The molecule has 1 atom stereocenters. The normalized spacial score (nSPS) is 21.6. The first kappa shape index (κ1) is 13.4. The highest BCUT2D eigenvalue weighted by Gasteiger charge is 2.20. The quantitative estimate of drug-likeness (QED) is 0.885. The van der Waals surface area contributed by atoms with E-state index in [0.717, 1.165) is 32.0 Å². The van der Waals surface area contributed by atoms with E-state index in [0.29, 0.717) is 6.04 Å². The summed E-state index contributed by atoms with van der Waals surface area (Å²) >= 11 is 0. The van der Waals surface area contributed by atoms with Crippen LogP contribution in [0.1, 0.15) is 31.9 Å². The van der Waals surface area contributed by atoms with Crippen LogP contribution >= 0.6 is 0 Å². The Kier molecular flexibility index (Phi) is 5.02. The molecular weight excluding hydrogens is 224 g/mol. The summed E-state index contributed by atoms with van der Waals surface area (Å²) in [5, 5.41) is 3.53. The Hall–Kier alpha value is -1.06. The first-order chi connectivity index (χ1) is 8.85. The number of likely N-dealkylation sites (N-methyl/N-ethyl adjacent to an activating group) is 1. The average molecular weight is 248 g/mol. The number of benzene rings is 1. The molecule has 0 radical (unpaired) electrons. The third kappa shape index (κ3) is 3.24. The Morgan fingerprint density at radius 1 is 1.28 bits per heavy atom. The van der Waals surface area contributed by atoms with Crippen LogP contribution in [0.4, 0.5) is 0 Å². The summed E-state index contributed by atoms with van der Waals surface area (Å²) in [5.41, 5.74) is 1.38. The average Bonchev–Trinajstić information content (AvgIpc) is 2.65. The van der Waals surface area contributed by atoms with Gasteiger partial charge < -0.3 is 10.1 Å². The number of nitrogens with one attached hydrogen (secondary N) is 1. The van der Waals surface area contributed by atoms with Crippen molar-refractivity contribution in [2.45, 2.75) is 26.3 Å². The molecule has 1 aliphatic rings. The molecule has 0 bridgehead atoms. The number of hydrogen-bond donors (Lipinski definition) is 1. The molecule has 18 heavy (non-hydrogen) atoms. The minimum absolute atomic E-state index is 0.494. The summed E-state index contributed by atoms with van der Waals surface area (Å²) in [7, 11) is 0. The van der Waals surface area contributed by atoms with Gasteiger partial charge in [0, 0.05) is 12.6 Å². The van der Waals surface area contributed by atoms with Crippen LogP contribution in [0.15, 0.2) is 24.3 Å². The Morgan fingerprint density at radius 3 is 2.72 bits per heavy atom. The van der Waals surface area contributed by atoms with E-state index in [4.69, 9.17) is 4.74 Å². The first-order valence-corrected chi connectivity index (χ1v) is 7.02. The highest BCUT2D eigenvalue weighted by molar-refractivity contribution is 5.29. The lowest BCUT2D eigenvalue weighted by atomic mass is 10.1. The minimum Gasteiger partial charge on any atom is -0.494 e. The van der Waals surface area contributed by atoms with Crippen LogP contribution in [0.3, 0.4) is 0 Å². The molecular formula is C15H24N2O. The van der Waals surface area contributed by atoms with Crippen LogP contribution in [0.25, 0.3) is 0 Å². The van der Waals surface area contributed by atoms with Crippen molar-refractivity contribution >= 4 is 0 Å². The van der Waals surface area contributed by atoms with Gasteiger partial charge >= 0.3 is 0 Å². The van der Waals surface area contributed by atoms with E-state index in [1.807, 2.05) is 6.92 Å². The smallest absolute Gasteiger partial charge is 0.119 e. The van der Waals surface area contributed by atoms with Crippen molar-refractivity contribution in [1.82, 2.24) is 10.2 Å². The van der Waals surface area contributed by atoms with Gasteiger partial charge in [-0.05, 0) is 50.7 Å². The summed E-state index contributed by atoms with van der Waals surface area (Å²) in [6.45, 7) is 9.45. The molecule has 100 valence electrons. The van der Waals surface area contributed by atoms with Gasteiger partial charge in [0.2, 0.25) is 0 Å². The highest BCUT2D eigenvalue weighted by Crippen LogP contribution is 2.24. The maximum atomic E-state index is 5.50. The molecule has 3 nitrogen and oxygen atoms in total.